The molecule has 0 spiro atoms. The summed E-state index contributed by atoms with van der Waals surface area (Å²) in [5, 5.41) is 0. The molecule has 2 N–H and O–H groups in total. The number of rotatable bonds is 4. The van der Waals surface area contributed by atoms with Gasteiger partial charge in [-0.1, -0.05) is 31.7 Å². The summed E-state index contributed by atoms with van der Waals surface area (Å²) in [6.45, 7) is 4.04. The van der Waals surface area contributed by atoms with Crippen LogP contribution in [-0.4, -0.2) is 12.2 Å². The largest absolute Gasteiger partial charge is 0.373 e. The summed E-state index contributed by atoms with van der Waals surface area (Å²) in [7, 11) is 0. The number of nitrogens with two attached hydrogens (primary N) is 1. The first-order valence-electron chi connectivity index (χ1n) is 7.86. The highest BCUT2D eigenvalue weighted by Crippen LogP contribution is 2.41. The van der Waals surface area contributed by atoms with E-state index in [-0.39, 0.29) is 5.56 Å². The third-order valence-corrected chi connectivity index (χ3v) is 4.58. The van der Waals surface area contributed by atoms with Crippen LogP contribution in [0.4, 0.5) is 8.78 Å². The molecular formula is C17H25F2NO. The lowest BCUT2D eigenvalue weighted by atomic mass is 9.82. The van der Waals surface area contributed by atoms with E-state index in [1.54, 1.807) is 6.92 Å². The van der Waals surface area contributed by atoms with Gasteiger partial charge in [0.25, 0.3) is 0 Å². The van der Waals surface area contributed by atoms with Gasteiger partial charge in [-0.25, -0.2) is 8.78 Å². The Morgan fingerprint density at radius 1 is 1.19 bits per heavy atom. The molecule has 0 bridgehead atoms. The summed E-state index contributed by atoms with van der Waals surface area (Å²) in [5.41, 5.74) is 6.07. The van der Waals surface area contributed by atoms with Gasteiger partial charge in [-0.2, -0.15) is 0 Å². The molecule has 2 rings (SSSR count). The number of hydrogen-bond acceptors (Lipinski definition) is 2. The van der Waals surface area contributed by atoms with Crippen LogP contribution < -0.4 is 5.73 Å². The Balaban J connectivity index is 2.43. The van der Waals surface area contributed by atoms with Gasteiger partial charge in [-0.3, -0.25) is 0 Å². The standard InChI is InChI=1S/C17H25F2NO/c1-3-21-17(10-6-4-5-7-11-17)16(20)14-13(18)9-8-12(2)15(14)19/h8-9,16H,3-7,10-11,20H2,1-2H3. The highest BCUT2D eigenvalue weighted by atomic mass is 19.1. The molecule has 0 aliphatic heterocycles. The Morgan fingerprint density at radius 3 is 2.38 bits per heavy atom. The summed E-state index contributed by atoms with van der Waals surface area (Å²) in [5.74, 6) is -1.11. The molecule has 2 nitrogen and oxygen atoms in total. The Morgan fingerprint density at radius 2 is 1.81 bits per heavy atom. The van der Waals surface area contributed by atoms with E-state index >= 15 is 0 Å². The van der Waals surface area contributed by atoms with E-state index in [0.717, 1.165) is 38.5 Å². The summed E-state index contributed by atoms with van der Waals surface area (Å²) in [6.07, 6.45) is 5.75. The second-order valence-corrected chi connectivity index (χ2v) is 5.98. The molecule has 0 heterocycles. The van der Waals surface area contributed by atoms with Gasteiger partial charge in [-0.15, -0.1) is 0 Å². The van der Waals surface area contributed by atoms with Crippen LogP contribution in [0, 0.1) is 18.6 Å². The van der Waals surface area contributed by atoms with Crippen molar-refractivity contribution in [3.63, 3.8) is 0 Å². The van der Waals surface area contributed by atoms with Crippen LogP contribution >= 0.6 is 0 Å². The summed E-state index contributed by atoms with van der Waals surface area (Å²) in [6, 6.07) is 1.97. The SMILES string of the molecule is CCOC1(C(N)c2c(F)ccc(C)c2F)CCCCCC1. The Hall–Kier alpha value is -1.00. The summed E-state index contributed by atoms with van der Waals surface area (Å²) < 4.78 is 34.5. The predicted octanol–water partition coefficient (Wildman–Crippen LogP) is 4.40. The van der Waals surface area contributed by atoms with Gasteiger partial charge in [-0.05, 0) is 38.3 Å². The van der Waals surface area contributed by atoms with Crippen LogP contribution in [0.1, 0.15) is 62.6 Å². The Bertz CT molecular complexity index is 482. The van der Waals surface area contributed by atoms with E-state index in [1.165, 1.54) is 12.1 Å². The average molecular weight is 297 g/mol. The van der Waals surface area contributed by atoms with Crippen LogP contribution in [0.5, 0.6) is 0 Å². The summed E-state index contributed by atoms with van der Waals surface area (Å²) in [4.78, 5) is 0. The number of ether oxygens (including phenoxy) is 1. The van der Waals surface area contributed by atoms with Crippen molar-refractivity contribution in [2.45, 2.75) is 64.0 Å². The molecule has 1 saturated carbocycles. The molecule has 4 heteroatoms. The summed E-state index contributed by atoms with van der Waals surface area (Å²) >= 11 is 0. The molecule has 1 fully saturated rings. The number of hydrogen-bond donors (Lipinski definition) is 1. The van der Waals surface area contributed by atoms with Gasteiger partial charge in [0.05, 0.1) is 11.6 Å². The molecule has 1 atom stereocenters. The highest BCUT2D eigenvalue weighted by molar-refractivity contribution is 5.31. The molecule has 0 saturated heterocycles. The fourth-order valence-corrected chi connectivity index (χ4v) is 3.39. The van der Waals surface area contributed by atoms with E-state index in [1.807, 2.05) is 6.92 Å². The van der Waals surface area contributed by atoms with Gasteiger partial charge >= 0.3 is 0 Å². The number of halogens is 2. The fraction of sp³-hybridized carbons (Fsp3) is 0.647. The minimum Gasteiger partial charge on any atom is -0.373 e. The van der Waals surface area contributed by atoms with Crippen molar-refractivity contribution in [1.82, 2.24) is 0 Å². The lowest BCUT2D eigenvalue weighted by Crippen LogP contribution is -2.44. The minimum absolute atomic E-state index is 0.0228. The first-order valence-corrected chi connectivity index (χ1v) is 7.86. The van der Waals surface area contributed by atoms with Crippen molar-refractivity contribution in [2.24, 2.45) is 5.73 Å². The first-order chi connectivity index (χ1) is 10.0. The third kappa shape index (κ3) is 3.27. The third-order valence-electron chi connectivity index (χ3n) is 4.58. The first kappa shape index (κ1) is 16.4. The number of benzene rings is 1. The molecule has 1 aromatic rings. The molecule has 21 heavy (non-hydrogen) atoms. The maximum Gasteiger partial charge on any atom is 0.133 e. The van der Waals surface area contributed by atoms with Gasteiger partial charge in [0.15, 0.2) is 0 Å². The smallest absolute Gasteiger partial charge is 0.133 e. The van der Waals surface area contributed by atoms with Gasteiger partial charge in [0, 0.05) is 12.2 Å². The Kier molecular flexibility index (Phi) is 5.33. The molecule has 1 aliphatic carbocycles. The molecule has 0 aromatic heterocycles. The van der Waals surface area contributed by atoms with Gasteiger partial charge in [0.1, 0.15) is 11.6 Å². The van der Waals surface area contributed by atoms with Crippen LogP contribution in [-0.2, 0) is 4.74 Å². The van der Waals surface area contributed by atoms with Crippen molar-refractivity contribution in [1.29, 1.82) is 0 Å². The molecule has 0 amide bonds. The quantitative estimate of drug-likeness (QED) is 0.836. The second kappa shape index (κ2) is 6.84. The number of aryl methyl sites for hydroxylation is 1. The highest BCUT2D eigenvalue weighted by Gasteiger charge is 2.41. The van der Waals surface area contributed by atoms with E-state index in [9.17, 15) is 8.78 Å². The lowest BCUT2D eigenvalue weighted by Gasteiger charge is -2.38. The molecule has 1 aromatic carbocycles. The monoisotopic (exact) mass is 297 g/mol. The molecule has 118 valence electrons. The van der Waals surface area contributed by atoms with Gasteiger partial charge < -0.3 is 10.5 Å². The van der Waals surface area contributed by atoms with Crippen molar-refractivity contribution >= 4 is 0 Å². The van der Waals surface area contributed by atoms with Crippen molar-refractivity contribution in [3.8, 4) is 0 Å². The average Bonchev–Trinajstić information content (AvgIpc) is 2.70. The minimum atomic E-state index is -0.768. The molecule has 0 radical (unpaired) electrons. The van der Waals surface area contributed by atoms with Crippen LogP contribution in [0.3, 0.4) is 0 Å². The van der Waals surface area contributed by atoms with Crippen molar-refractivity contribution in [3.05, 3.63) is 34.9 Å². The van der Waals surface area contributed by atoms with Crippen LogP contribution in [0.2, 0.25) is 0 Å². The van der Waals surface area contributed by atoms with Crippen LogP contribution in [0.25, 0.3) is 0 Å². The predicted molar refractivity (Wildman–Crippen MR) is 80.1 cm³/mol. The maximum atomic E-state index is 14.4. The molecule has 1 aliphatic rings. The molecular weight excluding hydrogens is 272 g/mol. The second-order valence-electron chi connectivity index (χ2n) is 5.98. The fourth-order valence-electron chi connectivity index (χ4n) is 3.39. The van der Waals surface area contributed by atoms with Crippen molar-refractivity contribution in [2.75, 3.05) is 6.61 Å². The zero-order valence-corrected chi connectivity index (χ0v) is 12.9. The van der Waals surface area contributed by atoms with E-state index in [0.29, 0.717) is 12.2 Å². The lowest BCUT2D eigenvalue weighted by molar-refractivity contribution is -0.0708. The van der Waals surface area contributed by atoms with E-state index in [2.05, 4.69) is 0 Å². The zero-order valence-electron chi connectivity index (χ0n) is 12.9. The van der Waals surface area contributed by atoms with E-state index < -0.39 is 23.3 Å². The topological polar surface area (TPSA) is 35.2 Å². The normalized spacial score (nSPS) is 20.0. The molecule has 1 unspecified atom stereocenters. The Labute approximate surface area is 125 Å². The zero-order chi connectivity index (χ0) is 15.5. The maximum absolute atomic E-state index is 14.4. The van der Waals surface area contributed by atoms with Crippen molar-refractivity contribution < 1.29 is 13.5 Å². The van der Waals surface area contributed by atoms with E-state index in [4.69, 9.17) is 10.5 Å². The van der Waals surface area contributed by atoms with Gasteiger partial charge in [0.2, 0.25) is 0 Å². The van der Waals surface area contributed by atoms with Crippen LogP contribution in [0.15, 0.2) is 12.1 Å².